The van der Waals surface area contributed by atoms with Gasteiger partial charge in [0, 0.05) is 6.92 Å². The SMILES string of the molecule is CC(=O)Oc1ccccc1NC(=O)N[C@H]1OC(CO[Si](C)(C)C(C)(C)C)C2(OS(=O)(=O)C=C2N)C1O[Si](C)(C)C(C)(C)C. The van der Waals surface area contributed by atoms with Crippen molar-refractivity contribution < 1.29 is 40.5 Å². The zero-order valence-electron chi connectivity index (χ0n) is 27.0. The van der Waals surface area contributed by atoms with Crippen LogP contribution in [-0.2, 0) is 32.7 Å². The van der Waals surface area contributed by atoms with E-state index in [4.69, 9.17) is 28.2 Å². The van der Waals surface area contributed by atoms with Crippen molar-refractivity contribution in [3.63, 3.8) is 0 Å². The van der Waals surface area contributed by atoms with Gasteiger partial charge in [-0.05, 0) is 48.4 Å². The fourth-order valence-corrected chi connectivity index (χ4v) is 7.75. The van der Waals surface area contributed by atoms with E-state index in [-0.39, 0.29) is 33.8 Å². The molecule has 2 heterocycles. The topological polar surface area (TPSA) is 165 Å². The van der Waals surface area contributed by atoms with Crippen LogP contribution in [0, 0.1) is 0 Å². The highest BCUT2D eigenvalue weighted by atomic mass is 32.2. The van der Waals surface area contributed by atoms with Gasteiger partial charge in [0.1, 0.15) is 12.2 Å². The molecule has 12 nitrogen and oxygen atoms in total. The molecule has 0 aromatic heterocycles. The van der Waals surface area contributed by atoms with Crippen molar-refractivity contribution in [3.8, 4) is 5.75 Å². The number of esters is 1. The maximum Gasteiger partial charge on any atom is 0.321 e. The van der Waals surface area contributed by atoms with E-state index in [1.165, 1.54) is 6.92 Å². The Bertz CT molecular complexity index is 1370. The Kier molecular flexibility index (Phi) is 9.75. The molecule has 4 N–H and O–H groups in total. The molecule has 3 rings (SSSR count). The third-order valence-electron chi connectivity index (χ3n) is 8.76. The number of urea groups is 1. The van der Waals surface area contributed by atoms with Crippen molar-refractivity contribution in [1.29, 1.82) is 0 Å². The zero-order chi connectivity index (χ0) is 32.8. The normalized spacial score (nSPS) is 25.8. The first kappa shape index (κ1) is 35.2. The van der Waals surface area contributed by atoms with Crippen molar-refractivity contribution in [1.82, 2.24) is 5.32 Å². The van der Waals surface area contributed by atoms with Gasteiger partial charge in [0.25, 0.3) is 10.1 Å². The summed E-state index contributed by atoms with van der Waals surface area (Å²) in [6, 6.07) is 5.73. The van der Waals surface area contributed by atoms with Crippen LogP contribution >= 0.6 is 0 Å². The van der Waals surface area contributed by atoms with Crippen LogP contribution in [0.3, 0.4) is 0 Å². The molecule has 1 aromatic rings. The summed E-state index contributed by atoms with van der Waals surface area (Å²) in [4.78, 5) is 24.9. The zero-order valence-corrected chi connectivity index (χ0v) is 29.8. The van der Waals surface area contributed by atoms with Crippen LogP contribution in [0.5, 0.6) is 5.75 Å². The van der Waals surface area contributed by atoms with Gasteiger partial charge in [-0.3, -0.25) is 4.79 Å². The number of rotatable bonds is 8. The minimum Gasteiger partial charge on any atom is -0.424 e. The largest absolute Gasteiger partial charge is 0.424 e. The summed E-state index contributed by atoms with van der Waals surface area (Å²) in [6.07, 6.45) is -3.38. The van der Waals surface area contributed by atoms with Gasteiger partial charge in [-0.1, -0.05) is 53.7 Å². The lowest BCUT2D eigenvalue weighted by Gasteiger charge is -2.43. The number of hydrogen-bond acceptors (Lipinski definition) is 10. The molecule has 0 saturated carbocycles. The van der Waals surface area contributed by atoms with Crippen LogP contribution in [0.15, 0.2) is 35.4 Å². The maximum atomic E-state index is 13.4. The molecule has 15 heteroatoms. The predicted octanol–water partition coefficient (Wildman–Crippen LogP) is 4.77. The highest BCUT2D eigenvalue weighted by Crippen LogP contribution is 2.49. The molecule has 1 saturated heterocycles. The molecule has 0 bridgehead atoms. The van der Waals surface area contributed by atoms with Crippen LogP contribution in [0.2, 0.25) is 36.3 Å². The first-order chi connectivity index (χ1) is 19.4. The minimum absolute atomic E-state index is 0.0486. The van der Waals surface area contributed by atoms with E-state index < -0.39 is 62.8 Å². The Labute approximate surface area is 257 Å². The number of hydrogen-bond donors (Lipinski definition) is 3. The van der Waals surface area contributed by atoms with Crippen LogP contribution in [0.25, 0.3) is 0 Å². The smallest absolute Gasteiger partial charge is 0.321 e. The number of ether oxygens (including phenoxy) is 2. The average Bonchev–Trinajstić information content (AvgIpc) is 3.23. The first-order valence-electron chi connectivity index (χ1n) is 14.2. The molecule has 2 aliphatic heterocycles. The van der Waals surface area contributed by atoms with E-state index in [1.807, 2.05) is 33.9 Å². The Morgan fingerprint density at radius 3 is 2.12 bits per heavy atom. The molecular weight excluding hydrogens is 611 g/mol. The second kappa shape index (κ2) is 11.9. The standard InChI is InChI=1S/C28H47N3O9SSi2/c1-18(32)37-20-15-13-12-14-19(20)30-25(33)31-24-23(39-43(10,11)27(5,6)7)28(21(29)17-41(34,35)40-28)22(38-24)16-36-42(8,9)26(2,3)4/h12-15,17,22-24H,16,29H2,1-11H3,(H2,30,31,33)/t22?,23?,24-,28?/m0/s1. The summed E-state index contributed by atoms with van der Waals surface area (Å²) in [5, 5.41) is 5.87. The van der Waals surface area contributed by atoms with Gasteiger partial charge in [-0.15, -0.1) is 0 Å². The second-order valence-electron chi connectivity index (χ2n) is 14.0. The fraction of sp³-hybridized carbons (Fsp3) is 0.643. The summed E-state index contributed by atoms with van der Waals surface area (Å²) in [5.41, 5.74) is 4.82. The molecule has 1 fully saturated rings. The van der Waals surface area contributed by atoms with Crippen LogP contribution in [0.4, 0.5) is 10.5 Å². The van der Waals surface area contributed by atoms with Gasteiger partial charge in [0.15, 0.2) is 34.2 Å². The molecule has 3 unspecified atom stereocenters. The van der Waals surface area contributed by atoms with Gasteiger partial charge in [0.05, 0.1) is 23.4 Å². The number of nitrogens with one attached hydrogen (secondary N) is 2. The van der Waals surface area contributed by atoms with E-state index in [9.17, 15) is 18.0 Å². The number of nitrogens with two attached hydrogens (primary N) is 1. The van der Waals surface area contributed by atoms with Crippen molar-refractivity contribution in [2.24, 2.45) is 5.73 Å². The van der Waals surface area contributed by atoms with Crippen molar-refractivity contribution in [2.75, 3.05) is 11.9 Å². The summed E-state index contributed by atoms with van der Waals surface area (Å²) < 4.78 is 56.3. The van der Waals surface area contributed by atoms with Crippen molar-refractivity contribution in [3.05, 3.63) is 35.4 Å². The predicted molar refractivity (Wildman–Crippen MR) is 169 cm³/mol. The number of carbonyl (C=O) groups excluding carboxylic acids is 2. The van der Waals surface area contributed by atoms with Crippen molar-refractivity contribution in [2.45, 2.75) is 109 Å². The summed E-state index contributed by atoms with van der Waals surface area (Å²) in [7, 11) is -9.19. The molecule has 0 aliphatic carbocycles. The van der Waals surface area contributed by atoms with E-state index in [2.05, 4.69) is 44.5 Å². The highest BCUT2D eigenvalue weighted by molar-refractivity contribution is 7.90. The van der Waals surface area contributed by atoms with Crippen molar-refractivity contribution >= 4 is 44.4 Å². The molecule has 2 amide bonds. The lowest BCUT2D eigenvalue weighted by Crippen LogP contribution is -2.61. The quantitative estimate of drug-likeness (QED) is 0.154. The Morgan fingerprint density at radius 2 is 1.60 bits per heavy atom. The Morgan fingerprint density at radius 1 is 1.02 bits per heavy atom. The van der Waals surface area contributed by atoms with Crippen LogP contribution in [-0.4, -0.2) is 67.7 Å². The van der Waals surface area contributed by atoms with Crippen LogP contribution < -0.4 is 21.1 Å². The second-order valence-corrected chi connectivity index (χ2v) is 25.0. The van der Waals surface area contributed by atoms with E-state index in [0.717, 1.165) is 5.41 Å². The average molecular weight is 658 g/mol. The minimum atomic E-state index is -4.20. The van der Waals surface area contributed by atoms with Gasteiger partial charge in [0.2, 0.25) is 0 Å². The van der Waals surface area contributed by atoms with Gasteiger partial charge < -0.3 is 34.7 Å². The van der Waals surface area contributed by atoms with Gasteiger partial charge in [-0.2, -0.15) is 8.42 Å². The number of para-hydroxylation sites is 2. The Balaban J connectivity index is 2.04. The molecule has 4 atom stereocenters. The monoisotopic (exact) mass is 657 g/mol. The highest BCUT2D eigenvalue weighted by Gasteiger charge is 2.67. The number of amides is 2. The molecule has 242 valence electrons. The maximum absolute atomic E-state index is 13.4. The number of benzene rings is 1. The lowest BCUT2D eigenvalue weighted by molar-refractivity contribution is -0.131. The third-order valence-corrected chi connectivity index (χ3v) is 18.8. The Hall–Kier alpha value is -2.28. The third kappa shape index (κ3) is 7.52. The molecule has 2 aliphatic rings. The molecule has 1 aromatic carbocycles. The summed E-state index contributed by atoms with van der Waals surface area (Å²) >= 11 is 0. The first-order valence-corrected chi connectivity index (χ1v) is 21.5. The molecular formula is C28H47N3O9SSi2. The van der Waals surface area contributed by atoms with E-state index >= 15 is 0 Å². The van der Waals surface area contributed by atoms with E-state index in [1.54, 1.807) is 24.3 Å². The molecule has 1 spiro atoms. The molecule has 0 radical (unpaired) electrons. The van der Waals surface area contributed by atoms with E-state index in [0.29, 0.717) is 0 Å². The number of carbonyl (C=O) groups is 2. The number of anilines is 1. The van der Waals surface area contributed by atoms with Gasteiger partial charge >= 0.3 is 12.0 Å². The lowest BCUT2D eigenvalue weighted by atomic mass is 9.89. The van der Waals surface area contributed by atoms with Gasteiger partial charge in [-0.25, -0.2) is 8.98 Å². The fourth-order valence-electron chi connectivity index (χ4n) is 4.24. The van der Waals surface area contributed by atoms with Crippen LogP contribution in [0.1, 0.15) is 48.5 Å². The summed E-state index contributed by atoms with van der Waals surface area (Å²) in [6.45, 7) is 21.7. The molecule has 43 heavy (non-hydrogen) atoms. The summed E-state index contributed by atoms with van der Waals surface area (Å²) in [5.74, 6) is -0.397.